The van der Waals surface area contributed by atoms with E-state index in [2.05, 4.69) is 9.97 Å². The quantitative estimate of drug-likeness (QED) is 0.717. The van der Waals surface area contributed by atoms with E-state index < -0.39 is 5.69 Å². The van der Waals surface area contributed by atoms with Crippen LogP contribution in [0.5, 0.6) is 0 Å². The number of aryl methyl sites for hydroxylation is 2. The minimum Gasteiger partial charge on any atom is -0.322 e. The topological polar surface area (TPSA) is 44.2 Å². The van der Waals surface area contributed by atoms with E-state index in [4.69, 9.17) is 20.9 Å². The van der Waals surface area contributed by atoms with Crippen molar-refractivity contribution < 1.29 is 9.05 Å². The summed E-state index contributed by atoms with van der Waals surface area (Å²) in [7, 11) is 0. The molecule has 0 N–H and O–H groups in total. The van der Waals surface area contributed by atoms with Crippen LogP contribution in [-0.2, 0) is 26.6 Å². The van der Waals surface area contributed by atoms with Crippen LogP contribution in [0.2, 0.25) is 0 Å². The highest BCUT2D eigenvalue weighted by molar-refractivity contribution is 8.67. The van der Waals surface area contributed by atoms with E-state index in [-0.39, 0.29) is 0 Å². The first-order valence-corrected chi connectivity index (χ1v) is 10.1. The van der Waals surface area contributed by atoms with E-state index in [1.54, 1.807) is 0 Å². The highest BCUT2D eigenvalue weighted by Gasteiger charge is 2.19. The maximum atomic E-state index is 5.56. The Morgan fingerprint density at radius 3 is 2.11 bits per heavy atom. The molecule has 1 aromatic heterocycles. The number of nitrogens with zero attached hydrogens (tertiary/aromatic N) is 2. The molecule has 0 saturated carbocycles. The molecule has 0 aliphatic heterocycles. The van der Waals surface area contributed by atoms with Gasteiger partial charge in [0.1, 0.15) is 5.82 Å². The third-order valence-corrected chi connectivity index (χ3v) is 7.36. The summed E-state index contributed by atoms with van der Waals surface area (Å²) in [6, 6.07) is 1.95. The zero-order valence-electron chi connectivity index (χ0n) is 11.2. The van der Waals surface area contributed by atoms with Crippen molar-refractivity contribution in [2.75, 3.05) is 13.2 Å². The highest BCUT2D eigenvalue weighted by Crippen LogP contribution is 2.61. The normalized spacial score (nSPS) is 11.8. The molecule has 1 rings (SSSR count). The van der Waals surface area contributed by atoms with Gasteiger partial charge in [0.25, 0.3) is 0 Å². The van der Waals surface area contributed by atoms with Gasteiger partial charge in [0.2, 0.25) is 5.69 Å². The number of rotatable bonds is 7. The summed E-state index contributed by atoms with van der Waals surface area (Å²) < 4.78 is 11.1. The Morgan fingerprint density at radius 2 is 1.67 bits per heavy atom. The average Bonchev–Trinajstić information content (AvgIpc) is 2.26. The van der Waals surface area contributed by atoms with Gasteiger partial charge in [-0.25, -0.2) is 9.97 Å². The van der Waals surface area contributed by atoms with Crippen LogP contribution in [0.3, 0.4) is 0 Å². The van der Waals surface area contributed by atoms with Crippen molar-refractivity contribution in [2.24, 2.45) is 0 Å². The molecule has 0 aromatic carbocycles. The molecule has 0 aliphatic carbocycles. The molecule has 0 saturated heterocycles. The van der Waals surface area contributed by atoms with Crippen molar-refractivity contribution in [3.05, 3.63) is 23.3 Å². The number of aromatic nitrogens is 2. The number of hydrogen-bond donors (Lipinski definition) is 0. The molecule has 0 radical (unpaired) electrons. The minimum absolute atomic E-state index is 0.567. The van der Waals surface area contributed by atoms with Crippen molar-refractivity contribution in [2.45, 2.75) is 33.4 Å². The summed E-state index contributed by atoms with van der Waals surface area (Å²) in [5.74, 6) is 1.41. The van der Waals surface area contributed by atoms with Gasteiger partial charge in [-0.1, -0.05) is 11.4 Å². The molecular weight excluding hydrogens is 287 g/mol. The molecule has 0 aliphatic rings. The minimum atomic E-state index is -2.25. The Bertz CT molecular complexity index is 413. The van der Waals surface area contributed by atoms with E-state index in [1.165, 1.54) is 11.4 Å². The monoisotopic (exact) mass is 306 g/mol. The first kappa shape index (κ1) is 16.1. The van der Waals surface area contributed by atoms with Crippen molar-refractivity contribution in [1.29, 1.82) is 0 Å². The molecule has 0 spiro atoms. The van der Waals surface area contributed by atoms with Crippen molar-refractivity contribution in [3.8, 4) is 0 Å². The summed E-state index contributed by atoms with van der Waals surface area (Å²) in [4.78, 5) is 8.77. The molecule has 0 atom stereocenters. The SMILES string of the molecule is CCOP(=S)(OCC)SCc1nc(C)cc(C)n1. The average molecular weight is 306 g/mol. The van der Waals surface area contributed by atoms with Gasteiger partial charge < -0.3 is 9.05 Å². The molecule has 1 heterocycles. The lowest BCUT2D eigenvalue weighted by Crippen LogP contribution is -1.98. The third-order valence-electron chi connectivity index (χ3n) is 1.95. The molecule has 0 unspecified atom stereocenters. The molecule has 0 fully saturated rings. The van der Waals surface area contributed by atoms with E-state index in [0.29, 0.717) is 19.0 Å². The standard InChI is InChI=1S/C11H19N2O2PS2/c1-5-14-16(17,15-6-2)18-8-11-12-9(3)7-10(4)13-11/h7H,5-6,8H2,1-4H3. The maximum Gasteiger partial charge on any atom is 0.247 e. The fraction of sp³-hybridized carbons (Fsp3) is 0.636. The van der Waals surface area contributed by atoms with Gasteiger partial charge in [0.15, 0.2) is 0 Å². The van der Waals surface area contributed by atoms with Crippen LogP contribution in [0.15, 0.2) is 6.07 Å². The Morgan fingerprint density at radius 1 is 1.17 bits per heavy atom. The van der Waals surface area contributed by atoms with Crippen molar-refractivity contribution in [1.82, 2.24) is 9.97 Å². The molecule has 0 bridgehead atoms. The van der Waals surface area contributed by atoms with Crippen molar-refractivity contribution in [3.63, 3.8) is 0 Å². The van der Waals surface area contributed by atoms with Crippen LogP contribution in [0, 0.1) is 13.8 Å². The van der Waals surface area contributed by atoms with Crippen molar-refractivity contribution >= 4 is 28.9 Å². The summed E-state index contributed by atoms with van der Waals surface area (Å²) in [6.45, 7) is 8.91. The lowest BCUT2D eigenvalue weighted by Gasteiger charge is -2.19. The first-order chi connectivity index (χ1) is 8.49. The summed E-state index contributed by atoms with van der Waals surface area (Å²) >= 11 is 6.94. The van der Waals surface area contributed by atoms with Crippen LogP contribution in [0.4, 0.5) is 0 Å². The van der Waals surface area contributed by atoms with Crippen LogP contribution in [0.25, 0.3) is 0 Å². The fourth-order valence-electron chi connectivity index (χ4n) is 1.43. The Hall–Kier alpha value is -0.000000000000000167. The Labute approximate surface area is 118 Å². The largest absolute Gasteiger partial charge is 0.322 e. The van der Waals surface area contributed by atoms with E-state index in [9.17, 15) is 0 Å². The smallest absolute Gasteiger partial charge is 0.247 e. The second-order valence-corrected chi connectivity index (χ2v) is 9.93. The summed E-state index contributed by atoms with van der Waals surface area (Å²) in [5, 5.41) is 0. The first-order valence-electron chi connectivity index (χ1n) is 5.84. The zero-order valence-corrected chi connectivity index (χ0v) is 13.7. The fourth-order valence-corrected chi connectivity index (χ4v) is 5.69. The van der Waals surface area contributed by atoms with E-state index in [1.807, 2.05) is 33.8 Å². The Kier molecular flexibility index (Phi) is 6.74. The second kappa shape index (κ2) is 7.56. The van der Waals surface area contributed by atoms with E-state index >= 15 is 0 Å². The van der Waals surface area contributed by atoms with Gasteiger partial charge >= 0.3 is 0 Å². The molecule has 1 aromatic rings. The van der Waals surface area contributed by atoms with Gasteiger partial charge in [-0.3, -0.25) is 0 Å². The highest BCUT2D eigenvalue weighted by atomic mass is 32.9. The second-order valence-electron chi connectivity index (χ2n) is 3.62. The Balaban J connectivity index is 2.69. The maximum absolute atomic E-state index is 5.56. The summed E-state index contributed by atoms with van der Waals surface area (Å²) in [6.07, 6.45) is 0. The molecule has 4 nitrogen and oxygen atoms in total. The van der Waals surface area contributed by atoms with Gasteiger partial charge in [0, 0.05) is 11.4 Å². The molecule has 18 heavy (non-hydrogen) atoms. The zero-order chi connectivity index (χ0) is 13.6. The van der Waals surface area contributed by atoms with Gasteiger partial charge in [0.05, 0.1) is 19.0 Å². The molecule has 7 heteroatoms. The molecule has 0 amide bonds. The predicted octanol–water partition coefficient (Wildman–Crippen LogP) is 3.62. The number of hydrogen-bond acceptors (Lipinski definition) is 6. The predicted molar refractivity (Wildman–Crippen MR) is 80.3 cm³/mol. The summed E-state index contributed by atoms with van der Waals surface area (Å²) in [5.41, 5.74) is -0.302. The van der Waals surface area contributed by atoms with Gasteiger partial charge in [-0.05, 0) is 45.6 Å². The molecular formula is C11H19N2O2PS2. The third kappa shape index (κ3) is 5.33. The van der Waals surface area contributed by atoms with E-state index in [0.717, 1.165) is 17.2 Å². The molecule has 102 valence electrons. The lowest BCUT2D eigenvalue weighted by molar-refractivity contribution is 0.280. The van der Waals surface area contributed by atoms with Crippen LogP contribution in [-0.4, -0.2) is 23.2 Å². The van der Waals surface area contributed by atoms with Crippen LogP contribution < -0.4 is 0 Å². The van der Waals surface area contributed by atoms with Crippen LogP contribution >= 0.6 is 17.1 Å². The lowest BCUT2D eigenvalue weighted by atomic mass is 10.3. The van der Waals surface area contributed by atoms with Gasteiger partial charge in [-0.2, -0.15) is 0 Å². The van der Waals surface area contributed by atoms with Gasteiger partial charge in [-0.15, -0.1) is 0 Å². The van der Waals surface area contributed by atoms with Crippen LogP contribution in [0.1, 0.15) is 31.1 Å².